The highest BCUT2D eigenvalue weighted by atomic mass is 16.3. The molecule has 92 valence electrons. The van der Waals surface area contributed by atoms with Crippen LogP contribution in [0.3, 0.4) is 0 Å². The molecule has 0 bridgehead atoms. The number of carbonyl (C=O) groups is 1. The van der Waals surface area contributed by atoms with E-state index in [1.54, 1.807) is 4.90 Å². The van der Waals surface area contributed by atoms with Gasteiger partial charge in [-0.25, -0.2) is 0 Å². The summed E-state index contributed by atoms with van der Waals surface area (Å²) in [4.78, 5) is 13.6. The van der Waals surface area contributed by atoms with Crippen molar-refractivity contribution in [3.05, 3.63) is 0 Å². The van der Waals surface area contributed by atoms with Crippen molar-refractivity contribution in [2.24, 2.45) is 5.92 Å². The number of aliphatic hydroxyl groups is 1. The first kappa shape index (κ1) is 11.9. The number of rotatable bonds is 4. The number of hydrogen-bond acceptors (Lipinski definition) is 3. The Kier molecular flexibility index (Phi) is 3.50. The zero-order chi connectivity index (χ0) is 11.6. The Balaban J connectivity index is 1.77. The molecule has 0 atom stereocenters. The number of nitrogens with one attached hydrogen (secondary N) is 1. The predicted molar refractivity (Wildman–Crippen MR) is 62.0 cm³/mol. The van der Waals surface area contributed by atoms with E-state index in [1.165, 1.54) is 0 Å². The molecule has 2 aliphatic rings. The Bertz CT molecular complexity index is 258. The van der Waals surface area contributed by atoms with Crippen LogP contribution >= 0.6 is 0 Å². The van der Waals surface area contributed by atoms with Crippen LogP contribution in [0.2, 0.25) is 0 Å². The van der Waals surface area contributed by atoms with Crippen molar-refractivity contribution in [3.8, 4) is 0 Å². The van der Waals surface area contributed by atoms with E-state index in [9.17, 15) is 9.90 Å². The van der Waals surface area contributed by atoms with Crippen LogP contribution in [0.25, 0.3) is 0 Å². The lowest BCUT2D eigenvalue weighted by molar-refractivity contribution is -0.134. The highest BCUT2D eigenvalue weighted by Crippen LogP contribution is 2.30. The van der Waals surface area contributed by atoms with Gasteiger partial charge in [0.15, 0.2) is 0 Å². The van der Waals surface area contributed by atoms with Gasteiger partial charge in [-0.2, -0.15) is 0 Å². The molecule has 1 heterocycles. The zero-order valence-electron chi connectivity index (χ0n) is 10.0. The molecule has 1 amide bonds. The molecule has 16 heavy (non-hydrogen) atoms. The number of likely N-dealkylation sites (N-methyl/N-ethyl adjacent to an activating group) is 1. The van der Waals surface area contributed by atoms with E-state index >= 15 is 0 Å². The molecular weight excluding hydrogens is 204 g/mol. The maximum absolute atomic E-state index is 11.9. The maximum Gasteiger partial charge on any atom is 0.222 e. The summed E-state index contributed by atoms with van der Waals surface area (Å²) in [5, 5.41) is 13.4. The van der Waals surface area contributed by atoms with Gasteiger partial charge in [0, 0.05) is 20.0 Å². The molecule has 4 heteroatoms. The van der Waals surface area contributed by atoms with E-state index in [1.807, 2.05) is 7.05 Å². The highest BCUT2D eigenvalue weighted by molar-refractivity contribution is 5.76. The number of carbonyl (C=O) groups excluding carboxylic acids is 1. The largest absolute Gasteiger partial charge is 0.388 e. The van der Waals surface area contributed by atoms with Crippen molar-refractivity contribution < 1.29 is 9.90 Å². The molecule has 4 nitrogen and oxygen atoms in total. The quantitative estimate of drug-likeness (QED) is 0.728. The van der Waals surface area contributed by atoms with Crippen molar-refractivity contribution in [1.82, 2.24) is 10.2 Å². The molecule has 0 unspecified atom stereocenters. The van der Waals surface area contributed by atoms with Crippen LogP contribution in [0.1, 0.15) is 32.1 Å². The molecule has 1 saturated carbocycles. The van der Waals surface area contributed by atoms with Gasteiger partial charge in [-0.3, -0.25) is 4.79 Å². The Morgan fingerprint density at radius 2 is 2.06 bits per heavy atom. The smallest absolute Gasteiger partial charge is 0.222 e. The van der Waals surface area contributed by atoms with Crippen molar-refractivity contribution >= 4 is 5.91 Å². The fourth-order valence-electron chi connectivity index (χ4n) is 2.62. The molecule has 2 N–H and O–H groups in total. The lowest BCUT2D eigenvalue weighted by atomic mass is 9.97. The number of nitrogens with zero attached hydrogens (tertiary/aromatic N) is 1. The summed E-state index contributed by atoms with van der Waals surface area (Å²) in [5.41, 5.74) is -0.609. The van der Waals surface area contributed by atoms with Gasteiger partial charge in [0.05, 0.1) is 5.60 Å². The summed E-state index contributed by atoms with van der Waals surface area (Å²) < 4.78 is 0. The topological polar surface area (TPSA) is 52.6 Å². The molecule has 2 fully saturated rings. The van der Waals surface area contributed by atoms with Crippen molar-refractivity contribution in [3.63, 3.8) is 0 Å². The van der Waals surface area contributed by atoms with E-state index < -0.39 is 5.60 Å². The molecule has 1 aliphatic carbocycles. The van der Waals surface area contributed by atoms with Crippen molar-refractivity contribution in [2.45, 2.75) is 37.7 Å². The van der Waals surface area contributed by atoms with Crippen LogP contribution in [-0.2, 0) is 4.79 Å². The molecule has 0 spiro atoms. The summed E-state index contributed by atoms with van der Waals surface area (Å²) in [6, 6.07) is 0. The summed E-state index contributed by atoms with van der Waals surface area (Å²) >= 11 is 0. The lowest BCUT2D eigenvalue weighted by Crippen LogP contribution is -2.47. The average Bonchev–Trinajstić information content (AvgIpc) is 2.58. The van der Waals surface area contributed by atoms with Crippen LogP contribution < -0.4 is 5.32 Å². The highest BCUT2D eigenvalue weighted by Gasteiger charge is 2.34. The zero-order valence-corrected chi connectivity index (χ0v) is 10.0. The van der Waals surface area contributed by atoms with Gasteiger partial charge in [-0.15, -0.1) is 0 Å². The maximum atomic E-state index is 11.9. The Hall–Kier alpha value is -0.610. The van der Waals surface area contributed by atoms with Crippen LogP contribution in [0.5, 0.6) is 0 Å². The van der Waals surface area contributed by atoms with Crippen LogP contribution in [0, 0.1) is 5.92 Å². The fraction of sp³-hybridized carbons (Fsp3) is 0.917. The van der Waals surface area contributed by atoms with E-state index in [0.29, 0.717) is 18.9 Å². The third kappa shape index (κ3) is 2.74. The monoisotopic (exact) mass is 226 g/mol. The molecule has 1 saturated heterocycles. The van der Waals surface area contributed by atoms with Crippen LogP contribution in [-0.4, -0.2) is 48.2 Å². The minimum Gasteiger partial charge on any atom is -0.388 e. The third-order valence-corrected chi connectivity index (χ3v) is 3.82. The average molecular weight is 226 g/mol. The Labute approximate surface area is 97.0 Å². The van der Waals surface area contributed by atoms with Gasteiger partial charge in [0.25, 0.3) is 0 Å². The summed E-state index contributed by atoms with van der Waals surface area (Å²) in [6.07, 6.45) is 4.49. The van der Waals surface area contributed by atoms with E-state index in [2.05, 4.69) is 5.32 Å². The second kappa shape index (κ2) is 4.72. The molecule has 0 aromatic carbocycles. The van der Waals surface area contributed by atoms with Crippen molar-refractivity contribution in [1.29, 1.82) is 0 Å². The molecule has 0 aromatic rings. The second-order valence-electron chi connectivity index (χ2n) is 5.41. The molecule has 1 aliphatic heterocycles. The molecule has 0 radical (unpaired) electrons. The first-order valence-electron chi connectivity index (χ1n) is 6.26. The third-order valence-electron chi connectivity index (χ3n) is 3.82. The van der Waals surface area contributed by atoms with Gasteiger partial charge in [0.2, 0.25) is 5.91 Å². The molecule has 2 rings (SSSR count). The van der Waals surface area contributed by atoms with E-state index in [4.69, 9.17) is 0 Å². The molecule has 0 aromatic heterocycles. The van der Waals surface area contributed by atoms with Gasteiger partial charge < -0.3 is 15.3 Å². The number of amides is 1. The Morgan fingerprint density at radius 3 is 2.56 bits per heavy atom. The van der Waals surface area contributed by atoms with E-state index in [0.717, 1.165) is 38.8 Å². The molecular formula is C12H22N2O2. The summed E-state index contributed by atoms with van der Waals surface area (Å²) in [6.45, 7) is 2.43. The van der Waals surface area contributed by atoms with Crippen LogP contribution in [0.15, 0.2) is 0 Å². The lowest BCUT2D eigenvalue weighted by Gasteiger charge is -2.32. The van der Waals surface area contributed by atoms with Gasteiger partial charge >= 0.3 is 0 Å². The Morgan fingerprint density at radius 1 is 1.44 bits per heavy atom. The minimum atomic E-state index is -0.609. The van der Waals surface area contributed by atoms with Crippen LogP contribution in [0.4, 0.5) is 0 Å². The first-order valence-corrected chi connectivity index (χ1v) is 6.26. The summed E-state index contributed by atoms with van der Waals surface area (Å²) in [5.74, 6) is 0.681. The number of hydrogen-bond donors (Lipinski definition) is 2. The predicted octanol–water partition coefficient (Wildman–Crippen LogP) is 0.359. The normalized spacial score (nSPS) is 24.1. The van der Waals surface area contributed by atoms with Crippen molar-refractivity contribution in [2.75, 3.05) is 26.7 Å². The summed E-state index contributed by atoms with van der Waals surface area (Å²) in [7, 11) is 1.81. The standard InChI is InChI=1S/C12H22N2O2/c1-14(9-12(16)4-2-3-5-12)11(15)6-10-7-13-8-10/h10,13,16H,2-9H2,1H3. The van der Waals surface area contributed by atoms with Gasteiger partial charge in [-0.1, -0.05) is 12.8 Å². The van der Waals surface area contributed by atoms with E-state index in [-0.39, 0.29) is 5.91 Å². The minimum absolute atomic E-state index is 0.173. The second-order valence-corrected chi connectivity index (χ2v) is 5.41. The van der Waals surface area contributed by atoms with Gasteiger partial charge in [0.1, 0.15) is 0 Å². The van der Waals surface area contributed by atoms with Gasteiger partial charge in [-0.05, 0) is 31.8 Å². The first-order chi connectivity index (χ1) is 7.59. The SMILES string of the molecule is CN(CC1(O)CCCC1)C(=O)CC1CNC1. The fourth-order valence-corrected chi connectivity index (χ4v) is 2.62.